The van der Waals surface area contributed by atoms with Gasteiger partial charge in [0.1, 0.15) is 5.82 Å². The second kappa shape index (κ2) is 9.91. The van der Waals surface area contributed by atoms with E-state index in [9.17, 15) is 18.8 Å². The minimum atomic E-state index is -0.503. The van der Waals surface area contributed by atoms with Crippen molar-refractivity contribution in [3.05, 3.63) is 116 Å². The first-order chi connectivity index (χ1) is 17.4. The van der Waals surface area contributed by atoms with Crippen LogP contribution in [-0.2, 0) is 13.1 Å². The van der Waals surface area contributed by atoms with Crippen LogP contribution in [0.1, 0.15) is 34.3 Å². The summed E-state index contributed by atoms with van der Waals surface area (Å²) in [5.41, 5.74) is 1.93. The SMILES string of the molecule is CCn1c(=O)[nH]c2cc(C(=O)N[C@@H]3CN(Cc4ccccc4)C[C@H]3c3ccc(F)cc3)ccc2c1=O. The van der Waals surface area contributed by atoms with E-state index in [4.69, 9.17) is 0 Å². The Morgan fingerprint density at radius 3 is 2.50 bits per heavy atom. The maximum atomic E-state index is 13.6. The van der Waals surface area contributed by atoms with Crippen LogP contribution in [0.2, 0.25) is 0 Å². The molecule has 3 aromatic carbocycles. The van der Waals surface area contributed by atoms with Gasteiger partial charge in [0.25, 0.3) is 11.5 Å². The third-order valence-electron chi connectivity index (χ3n) is 6.82. The van der Waals surface area contributed by atoms with Crippen molar-refractivity contribution in [2.75, 3.05) is 13.1 Å². The number of halogens is 1. The maximum Gasteiger partial charge on any atom is 0.328 e. The van der Waals surface area contributed by atoms with E-state index in [1.807, 2.05) is 18.2 Å². The summed E-state index contributed by atoms with van der Waals surface area (Å²) >= 11 is 0. The molecule has 0 saturated carbocycles. The molecule has 1 saturated heterocycles. The van der Waals surface area contributed by atoms with Crippen LogP contribution in [0.15, 0.2) is 82.4 Å². The second-order valence-corrected chi connectivity index (χ2v) is 9.16. The third-order valence-corrected chi connectivity index (χ3v) is 6.82. The monoisotopic (exact) mass is 486 g/mol. The molecule has 0 bridgehead atoms. The minimum absolute atomic E-state index is 0.0183. The topological polar surface area (TPSA) is 87.2 Å². The molecule has 5 rings (SSSR count). The molecule has 1 aliphatic rings. The molecule has 4 aromatic rings. The standard InChI is InChI=1S/C28H27FN4O3/c1-2-33-27(35)22-13-10-20(14-24(22)31-28(33)36)26(34)30-25-17-32(15-18-6-4-3-5-7-18)16-23(25)19-8-11-21(29)12-9-19/h3-14,23,25H,2,15-17H2,1H3,(H,30,34)(H,31,36)/t23-,25+/m0/s1. The predicted octanol–water partition coefficient (Wildman–Crippen LogP) is 3.25. The fourth-order valence-electron chi connectivity index (χ4n) is 4.98. The summed E-state index contributed by atoms with van der Waals surface area (Å²) in [6, 6.07) is 21.1. The highest BCUT2D eigenvalue weighted by atomic mass is 19.1. The highest BCUT2D eigenvalue weighted by Gasteiger charge is 2.35. The molecule has 2 N–H and O–H groups in total. The van der Waals surface area contributed by atoms with E-state index in [0.717, 1.165) is 16.7 Å². The van der Waals surface area contributed by atoms with Gasteiger partial charge in [0.05, 0.1) is 10.9 Å². The molecule has 0 spiro atoms. The first-order valence-electron chi connectivity index (χ1n) is 12.0. The molecule has 0 radical (unpaired) electrons. The van der Waals surface area contributed by atoms with Crippen LogP contribution in [0.3, 0.4) is 0 Å². The Balaban J connectivity index is 1.41. The van der Waals surface area contributed by atoms with Crippen LogP contribution >= 0.6 is 0 Å². The second-order valence-electron chi connectivity index (χ2n) is 9.16. The summed E-state index contributed by atoms with van der Waals surface area (Å²) < 4.78 is 14.7. The van der Waals surface area contributed by atoms with Crippen LogP contribution < -0.4 is 16.6 Å². The lowest BCUT2D eigenvalue weighted by atomic mass is 9.94. The number of hydrogen-bond acceptors (Lipinski definition) is 4. The van der Waals surface area contributed by atoms with E-state index < -0.39 is 5.69 Å². The molecule has 1 fully saturated rings. The lowest BCUT2D eigenvalue weighted by molar-refractivity contribution is 0.0935. The number of aromatic amines is 1. The number of carbonyl (C=O) groups is 1. The molecule has 36 heavy (non-hydrogen) atoms. The van der Waals surface area contributed by atoms with Crippen molar-refractivity contribution in [3.8, 4) is 0 Å². The number of H-pyrrole nitrogens is 1. The summed E-state index contributed by atoms with van der Waals surface area (Å²) in [5.74, 6) is -0.614. The summed E-state index contributed by atoms with van der Waals surface area (Å²) in [6.07, 6.45) is 0. The molecular weight excluding hydrogens is 459 g/mol. The highest BCUT2D eigenvalue weighted by Crippen LogP contribution is 2.29. The van der Waals surface area contributed by atoms with E-state index in [1.165, 1.54) is 23.8 Å². The normalized spacial score (nSPS) is 17.9. The van der Waals surface area contributed by atoms with Gasteiger partial charge in [-0.15, -0.1) is 0 Å². The Bertz CT molecular complexity index is 1510. The van der Waals surface area contributed by atoms with Gasteiger partial charge in [-0.1, -0.05) is 42.5 Å². The average Bonchev–Trinajstić information content (AvgIpc) is 3.26. The van der Waals surface area contributed by atoms with E-state index in [0.29, 0.717) is 29.6 Å². The van der Waals surface area contributed by atoms with Crippen molar-refractivity contribution < 1.29 is 9.18 Å². The highest BCUT2D eigenvalue weighted by molar-refractivity contribution is 5.97. The fourth-order valence-corrected chi connectivity index (χ4v) is 4.98. The zero-order valence-corrected chi connectivity index (χ0v) is 19.9. The van der Waals surface area contributed by atoms with E-state index in [1.54, 1.807) is 31.2 Å². The molecular formula is C28H27FN4O3. The zero-order chi connectivity index (χ0) is 25.2. The quantitative estimate of drug-likeness (QED) is 0.438. The van der Waals surface area contributed by atoms with Crippen molar-refractivity contribution in [2.45, 2.75) is 32.0 Å². The van der Waals surface area contributed by atoms with Gasteiger partial charge in [-0.3, -0.25) is 19.1 Å². The molecule has 1 aromatic heterocycles. The van der Waals surface area contributed by atoms with Gasteiger partial charge >= 0.3 is 5.69 Å². The minimum Gasteiger partial charge on any atom is -0.347 e. The Hall–Kier alpha value is -4.04. The van der Waals surface area contributed by atoms with Crippen LogP contribution in [0, 0.1) is 5.82 Å². The zero-order valence-electron chi connectivity index (χ0n) is 19.9. The first kappa shape index (κ1) is 23.7. The van der Waals surface area contributed by atoms with Gasteiger partial charge < -0.3 is 10.3 Å². The van der Waals surface area contributed by atoms with E-state index in [2.05, 4.69) is 27.3 Å². The number of hydrogen-bond donors (Lipinski definition) is 2. The van der Waals surface area contributed by atoms with Gasteiger partial charge in [0.2, 0.25) is 0 Å². The molecule has 1 amide bonds. The van der Waals surface area contributed by atoms with Gasteiger partial charge in [-0.2, -0.15) is 0 Å². The van der Waals surface area contributed by atoms with E-state index >= 15 is 0 Å². The molecule has 2 heterocycles. The van der Waals surface area contributed by atoms with Crippen LogP contribution in [0.4, 0.5) is 4.39 Å². The summed E-state index contributed by atoms with van der Waals surface area (Å²) in [7, 11) is 0. The number of benzene rings is 3. The number of amides is 1. The molecule has 184 valence electrons. The number of aromatic nitrogens is 2. The van der Waals surface area contributed by atoms with Gasteiger partial charge in [0.15, 0.2) is 0 Å². The Labute approximate surface area is 207 Å². The Kier molecular flexibility index (Phi) is 6.52. The Morgan fingerprint density at radius 1 is 1.03 bits per heavy atom. The third kappa shape index (κ3) is 4.72. The lowest BCUT2D eigenvalue weighted by Gasteiger charge is -2.20. The summed E-state index contributed by atoms with van der Waals surface area (Å²) in [5, 5.41) is 3.49. The van der Waals surface area contributed by atoms with E-state index in [-0.39, 0.29) is 35.8 Å². The van der Waals surface area contributed by atoms with Gasteiger partial charge in [-0.05, 0) is 48.4 Å². The van der Waals surface area contributed by atoms with Crippen LogP contribution in [0.25, 0.3) is 10.9 Å². The first-order valence-corrected chi connectivity index (χ1v) is 12.0. The lowest BCUT2D eigenvalue weighted by Crippen LogP contribution is -2.40. The molecule has 7 nitrogen and oxygen atoms in total. The number of nitrogens with zero attached hydrogens (tertiary/aromatic N) is 2. The number of likely N-dealkylation sites (tertiary alicyclic amines) is 1. The maximum absolute atomic E-state index is 13.6. The molecule has 2 atom stereocenters. The molecule has 1 aliphatic heterocycles. The molecule has 0 aliphatic carbocycles. The fraction of sp³-hybridized carbons (Fsp3) is 0.250. The van der Waals surface area contributed by atoms with Crippen molar-refractivity contribution in [2.24, 2.45) is 0 Å². The molecule has 0 unspecified atom stereocenters. The number of rotatable bonds is 6. The van der Waals surface area contributed by atoms with Crippen LogP contribution in [-0.4, -0.2) is 39.5 Å². The van der Waals surface area contributed by atoms with Crippen LogP contribution in [0.5, 0.6) is 0 Å². The average molecular weight is 487 g/mol. The van der Waals surface area contributed by atoms with Crippen molar-refractivity contribution in [3.63, 3.8) is 0 Å². The number of fused-ring (bicyclic) bond motifs is 1. The van der Waals surface area contributed by atoms with Crippen molar-refractivity contribution in [1.29, 1.82) is 0 Å². The summed E-state index contributed by atoms with van der Waals surface area (Å²) in [4.78, 5) is 43.0. The smallest absolute Gasteiger partial charge is 0.328 e. The number of carbonyl (C=O) groups excluding carboxylic acids is 1. The largest absolute Gasteiger partial charge is 0.347 e. The Morgan fingerprint density at radius 2 is 1.78 bits per heavy atom. The van der Waals surface area contributed by atoms with Crippen molar-refractivity contribution >= 4 is 16.8 Å². The van der Waals surface area contributed by atoms with Gasteiger partial charge in [0, 0.05) is 43.7 Å². The van der Waals surface area contributed by atoms with Crippen molar-refractivity contribution in [1.82, 2.24) is 19.8 Å². The number of nitrogens with one attached hydrogen (secondary N) is 2. The predicted molar refractivity (Wildman–Crippen MR) is 137 cm³/mol. The van der Waals surface area contributed by atoms with Gasteiger partial charge in [-0.25, -0.2) is 9.18 Å². The molecule has 8 heteroatoms. The summed E-state index contributed by atoms with van der Waals surface area (Å²) in [6.45, 7) is 4.08.